The molecule has 7 heteroatoms. The van der Waals surface area contributed by atoms with Crippen LogP contribution in [-0.4, -0.2) is 29.9 Å². The fourth-order valence-corrected chi connectivity index (χ4v) is 5.30. The summed E-state index contributed by atoms with van der Waals surface area (Å²) >= 11 is 0. The third-order valence-corrected chi connectivity index (χ3v) is 6.99. The van der Waals surface area contributed by atoms with Gasteiger partial charge in [0.25, 0.3) is 11.8 Å². The summed E-state index contributed by atoms with van der Waals surface area (Å²) in [6, 6.07) is 19.1. The van der Waals surface area contributed by atoms with Crippen molar-refractivity contribution in [2.24, 2.45) is 0 Å². The molecule has 0 unspecified atom stereocenters. The second kappa shape index (κ2) is 9.41. The van der Waals surface area contributed by atoms with E-state index < -0.39 is 23.7 Å². The van der Waals surface area contributed by atoms with Gasteiger partial charge in [0.15, 0.2) is 0 Å². The fraction of sp³-hybridized carbons (Fsp3) is 0.194. The predicted molar refractivity (Wildman–Crippen MR) is 148 cm³/mol. The van der Waals surface area contributed by atoms with Crippen LogP contribution in [0.15, 0.2) is 84.4 Å². The highest BCUT2D eigenvalue weighted by molar-refractivity contribution is 6.46. The molecule has 4 amide bonds. The maximum Gasteiger partial charge on any atom is 0.343 e. The van der Waals surface area contributed by atoms with Crippen LogP contribution in [0.1, 0.15) is 38.8 Å². The Morgan fingerprint density at radius 3 is 1.87 bits per heavy atom. The first-order valence-electron chi connectivity index (χ1n) is 12.5. The van der Waals surface area contributed by atoms with E-state index in [1.807, 2.05) is 13.8 Å². The highest BCUT2D eigenvalue weighted by Gasteiger charge is 2.44. The number of fused-ring (bicyclic) bond motifs is 1. The van der Waals surface area contributed by atoms with Crippen LogP contribution >= 0.6 is 0 Å². The summed E-state index contributed by atoms with van der Waals surface area (Å²) in [5.74, 6) is -2.17. The number of barbiturate groups is 1. The van der Waals surface area contributed by atoms with E-state index in [9.17, 15) is 14.4 Å². The van der Waals surface area contributed by atoms with E-state index >= 15 is 4.39 Å². The fourth-order valence-electron chi connectivity index (χ4n) is 5.30. The molecule has 0 aliphatic carbocycles. The molecule has 0 atom stereocenters. The molecule has 3 aromatic rings. The highest BCUT2D eigenvalue weighted by Crippen LogP contribution is 2.40. The summed E-state index contributed by atoms with van der Waals surface area (Å²) in [7, 11) is 0. The SMILES string of the molecule is CCN1c2cc(F)c(C=C3C(=O)N(c4ccccc4)C(=O)N(c4ccccc4)C3=O)cc2C(C)=CC1(C)C. The third kappa shape index (κ3) is 4.10. The first-order chi connectivity index (χ1) is 18.1. The lowest BCUT2D eigenvalue weighted by molar-refractivity contribution is -0.121. The van der Waals surface area contributed by atoms with Crippen LogP contribution in [0.5, 0.6) is 0 Å². The number of halogens is 1. The Morgan fingerprint density at radius 2 is 1.37 bits per heavy atom. The number of imide groups is 2. The van der Waals surface area contributed by atoms with Gasteiger partial charge in [0, 0.05) is 23.4 Å². The molecule has 2 aliphatic rings. The van der Waals surface area contributed by atoms with Gasteiger partial charge in [-0.3, -0.25) is 9.59 Å². The summed E-state index contributed by atoms with van der Waals surface area (Å²) in [4.78, 5) is 44.7. The number of para-hydroxylation sites is 2. The molecule has 6 nitrogen and oxygen atoms in total. The van der Waals surface area contributed by atoms with Crippen molar-refractivity contribution in [3.05, 3.63) is 101 Å². The van der Waals surface area contributed by atoms with Gasteiger partial charge in [-0.05, 0) is 75.7 Å². The van der Waals surface area contributed by atoms with E-state index in [2.05, 4.69) is 24.8 Å². The first kappa shape index (κ1) is 25.1. The molecule has 0 spiro atoms. The number of rotatable bonds is 4. The van der Waals surface area contributed by atoms with E-state index in [-0.39, 0.29) is 16.7 Å². The molecule has 1 fully saturated rings. The van der Waals surface area contributed by atoms with Crippen LogP contribution in [0.4, 0.5) is 26.2 Å². The molecule has 0 N–H and O–H groups in total. The van der Waals surface area contributed by atoms with Gasteiger partial charge >= 0.3 is 6.03 Å². The minimum atomic E-state index is -0.806. The molecule has 192 valence electrons. The number of likely N-dealkylation sites (N-methyl/N-ethyl adjacent to an activating group) is 1. The first-order valence-corrected chi connectivity index (χ1v) is 12.5. The second-order valence-electron chi connectivity index (χ2n) is 9.91. The maximum atomic E-state index is 15.6. The predicted octanol–water partition coefficient (Wildman–Crippen LogP) is 6.43. The topological polar surface area (TPSA) is 60.9 Å². The minimum absolute atomic E-state index is 0.0966. The summed E-state index contributed by atoms with van der Waals surface area (Å²) < 4.78 is 15.6. The molecule has 0 saturated carbocycles. The number of benzene rings is 3. The monoisotopic (exact) mass is 509 g/mol. The van der Waals surface area contributed by atoms with Gasteiger partial charge in [0.05, 0.1) is 16.9 Å². The smallest absolute Gasteiger partial charge is 0.343 e. The Labute approximate surface area is 221 Å². The van der Waals surface area contributed by atoms with Crippen molar-refractivity contribution in [3.8, 4) is 0 Å². The standard InChI is InChI=1S/C31H28FN3O3/c1-5-33-27-18-26(32)21(16-24(27)20(2)19-31(33,3)4)17-25-28(36)34(22-12-8-6-9-13-22)30(38)35(29(25)37)23-14-10-7-11-15-23/h6-19H,5H2,1-4H3. The van der Waals surface area contributed by atoms with E-state index in [0.717, 1.165) is 26.6 Å². The summed E-state index contributed by atoms with van der Waals surface area (Å²) in [5, 5.41) is 0. The largest absolute Gasteiger partial charge is 0.363 e. The highest BCUT2D eigenvalue weighted by atomic mass is 19.1. The van der Waals surface area contributed by atoms with Crippen LogP contribution in [0.2, 0.25) is 0 Å². The molecule has 0 radical (unpaired) electrons. The molecule has 0 bridgehead atoms. The zero-order valence-electron chi connectivity index (χ0n) is 21.7. The maximum absolute atomic E-state index is 15.6. The number of carbonyl (C=O) groups is 3. The van der Waals surface area contributed by atoms with Crippen molar-refractivity contribution >= 4 is 46.6 Å². The Hall–Kier alpha value is -4.52. The molecule has 38 heavy (non-hydrogen) atoms. The van der Waals surface area contributed by atoms with Crippen molar-refractivity contribution < 1.29 is 18.8 Å². The molecule has 2 heterocycles. The van der Waals surface area contributed by atoms with Crippen LogP contribution in [0, 0.1) is 5.82 Å². The number of carbonyl (C=O) groups excluding carboxylic acids is 3. The number of urea groups is 1. The normalized spacial score (nSPS) is 17.0. The molecule has 0 aromatic heterocycles. The van der Waals surface area contributed by atoms with Crippen molar-refractivity contribution in [2.75, 3.05) is 21.2 Å². The van der Waals surface area contributed by atoms with Crippen LogP contribution in [-0.2, 0) is 9.59 Å². The Bertz CT molecular complexity index is 1450. The Kier molecular flexibility index (Phi) is 6.23. The van der Waals surface area contributed by atoms with Crippen LogP contribution in [0.25, 0.3) is 11.6 Å². The second-order valence-corrected chi connectivity index (χ2v) is 9.91. The number of hydrogen-bond acceptors (Lipinski definition) is 4. The summed E-state index contributed by atoms with van der Waals surface area (Å²) in [6.07, 6.45) is 3.37. The van der Waals surface area contributed by atoms with Gasteiger partial charge in [-0.15, -0.1) is 0 Å². The number of anilines is 3. The molecule has 2 aliphatic heterocycles. The zero-order valence-corrected chi connectivity index (χ0v) is 21.7. The molecule has 5 rings (SSSR count). The lowest BCUT2D eigenvalue weighted by atomic mass is 9.87. The minimum Gasteiger partial charge on any atom is -0.363 e. The quantitative estimate of drug-likeness (QED) is 0.300. The molecule has 3 aromatic carbocycles. The van der Waals surface area contributed by atoms with Gasteiger partial charge in [-0.25, -0.2) is 19.0 Å². The van der Waals surface area contributed by atoms with Gasteiger partial charge in [0.1, 0.15) is 11.4 Å². The van der Waals surface area contributed by atoms with E-state index in [1.54, 1.807) is 66.7 Å². The lowest BCUT2D eigenvalue weighted by Crippen LogP contribution is -2.57. The van der Waals surface area contributed by atoms with Crippen LogP contribution in [0.3, 0.4) is 0 Å². The summed E-state index contributed by atoms with van der Waals surface area (Å²) in [5.41, 5.74) is 2.68. The Balaban J connectivity index is 1.67. The van der Waals surface area contributed by atoms with Crippen LogP contribution < -0.4 is 14.7 Å². The van der Waals surface area contributed by atoms with Crippen molar-refractivity contribution in [3.63, 3.8) is 0 Å². The summed E-state index contributed by atoms with van der Waals surface area (Å²) in [6.45, 7) is 8.81. The zero-order chi connectivity index (χ0) is 27.2. The third-order valence-electron chi connectivity index (χ3n) is 6.99. The number of nitrogens with zero attached hydrogens (tertiary/aromatic N) is 3. The number of amides is 4. The van der Waals surface area contributed by atoms with Gasteiger partial charge in [-0.1, -0.05) is 42.5 Å². The molecular formula is C31H28FN3O3. The number of allylic oxidation sites excluding steroid dienone is 1. The van der Waals surface area contributed by atoms with E-state index in [0.29, 0.717) is 17.9 Å². The average Bonchev–Trinajstić information content (AvgIpc) is 2.88. The van der Waals surface area contributed by atoms with Crippen molar-refractivity contribution in [2.45, 2.75) is 33.2 Å². The van der Waals surface area contributed by atoms with Crippen molar-refractivity contribution in [1.29, 1.82) is 0 Å². The van der Waals surface area contributed by atoms with Crippen molar-refractivity contribution in [1.82, 2.24) is 0 Å². The molecule has 1 saturated heterocycles. The average molecular weight is 510 g/mol. The van der Waals surface area contributed by atoms with Gasteiger partial charge in [-0.2, -0.15) is 0 Å². The van der Waals surface area contributed by atoms with E-state index in [4.69, 9.17) is 0 Å². The number of hydrogen-bond donors (Lipinski definition) is 0. The lowest BCUT2D eigenvalue weighted by Gasteiger charge is -2.43. The Morgan fingerprint density at radius 1 is 0.842 bits per heavy atom. The molecular weight excluding hydrogens is 481 g/mol. The van der Waals surface area contributed by atoms with Gasteiger partial charge < -0.3 is 4.90 Å². The van der Waals surface area contributed by atoms with E-state index in [1.165, 1.54) is 12.1 Å². The van der Waals surface area contributed by atoms with Gasteiger partial charge in [0.2, 0.25) is 0 Å².